The van der Waals surface area contributed by atoms with Crippen molar-refractivity contribution in [3.8, 4) is 0 Å². The summed E-state index contributed by atoms with van der Waals surface area (Å²) in [5, 5.41) is 24.5. The van der Waals surface area contributed by atoms with Gasteiger partial charge in [-0.1, -0.05) is 12.2 Å². The number of nitrogens with one attached hydrogen (secondary N) is 2. The number of aliphatic hydroxyl groups excluding tert-OH is 2. The maximum Gasteiger partial charge on any atom is 0.107 e. The molecule has 17 heavy (non-hydrogen) atoms. The van der Waals surface area contributed by atoms with Crippen LogP contribution in [0.5, 0.6) is 0 Å². The Morgan fingerprint density at radius 3 is 1.71 bits per heavy atom. The van der Waals surface area contributed by atoms with Gasteiger partial charge in [-0.15, -0.1) is 13.2 Å². The molecule has 0 aromatic rings. The average Bonchev–Trinajstić information content (AvgIpc) is 2.33. The lowest BCUT2D eigenvalue weighted by atomic mass is 10.3. The van der Waals surface area contributed by atoms with Crippen LogP contribution in [0.4, 0.5) is 0 Å². The normalized spacial score (nSPS) is 14.2. The molecule has 0 amide bonds. The Bertz CT molecular complexity index is 180. The van der Waals surface area contributed by atoms with Crippen molar-refractivity contribution in [2.45, 2.75) is 25.3 Å². The Labute approximate surface area is 103 Å². The van der Waals surface area contributed by atoms with Crippen LogP contribution in [0.15, 0.2) is 25.3 Å². The van der Waals surface area contributed by atoms with E-state index < -0.39 is 12.5 Å². The van der Waals surface area contributed by atoms with Crippen molar-refractivity contribution in [1.82, 2.24) is 10.6 Å². The minimum absolute atomic E-state index is 0.458. The van der Waals surface area contributed by atoms with Crippen LogP contribution in [0.3, 0.4) is 0 Å². The van der Waals surface area contributed by atoms with Gasteiger partial charge in [0.15, 0.2) is 0 Å². The topological polar surface area (TPSA) is 73.8 Å². The summed E-state index contributed by atoms with van der Waals surface area (Å²) < 4.78 is 5.28. The summed E-state index contributed by atoms with van der Waals surface area (Å²) in [6.07, 6.45) is 3.26. The molecule has 4 N–H and O–H groups in total. The minimum atomic E-state index is -0.572. The molecule has 100 valence electrons. The Morgan fingerprint density at radius 1 is 0.941 bits per heavy atom. The number of aliphatic hydroxyl groups is 2. The van der Waals surface area contributed by atoms with Gasteiger partial charge in [0.05, 0.1) is 13.2 Å². The molecule has 0 aliphatic rings. The summed E-state index contributed by atoms with van der Waals surface area (Å²) in [5.41, 5.74) is 0. The lowest BCUT2D eigenvalue weighted by Crippen LogP contribution is -2.31. The fraction of sp³-hybridized carbons (Fsp3) is 0.667. The number of ether oxygens (including phenoxy) is 1. The fourth-order valence-electron chi connectivity index (χ4n) is 1.13. The van der Waals surface area contributed by atoms with Crippen molar-refractivity contribution in [3.63, 3.8) is 0 Å². The van der Waals surface area contributed by atoms with Gasteiger partial charge in [0, 0.05) is 25.9 Å². The Kier molecular flexibility index (Phi) is 11.3. The van der Waals surface area contributed by atoms with Gasteiger partial charge >= 0.3 is 0 Å². The quantitative estimate of drug-likeness (QED) is 0.220. The van der Waals surface area contributed by atoms with Crippen LogP contribution in [-0.4, -0.2) is 49.0 Å². The molecule has 0 saturated carbocycles. The third-order valence-electron chi connectivity index (χ3n) is 2.07. The molecule has 2 unspecified atom stereocenters. The van der Waals surface area contributed by atoms with E-state index in [4.69, 9.17) is 4.74 Å². The van der Waals surface area contributed by atoms with Crippen molar-refractivity contribution in [3.05, 3.63) is 25.3 Å². The molecule has 0 bridgehead atoms. The summed E-state index contributed by atoms with van der Waals surface area (Å²) in [6, 6.07) is 0. The van der Waals surface area contributed by atoms with E-state index in [2.05, 4.69) is 23.8 Å². The standard InChI is InChI=1S/C12H24N2O3/c1-3-7-13-11(15)5-9-17-10-6-12(16)14-8-4-2/h3-4,11-16H,1-2,5-10H2. The first-order valence-electron chi connectivity index (χ1n) is 5.83. The fourth-order valence-corrected chi connectivity index (χ4v) is 1.13. The highest BCUT2D eigenvalue weighted by atomic mass is 16.5. The van der Waals surface area contributed by atoms with Crippen LogP contribution in [0, 0.1) is 0 Å². The van der Waals surface area contributed by atoms with Crippen LogP contribution in [0.1, 0.15) is 12.8 Å². The zero-order chi connectivity index (χ0) is 12.9. The van der Waals surface area contributed by atoms with Gasteiger partial charge in [0.25, 0.3) is 0 Å². The molecule has 0 aromatic heterocycles. The Balaban J connectivity index is 3.27. The molecule has 0 spiro atoms. The highest BCUT2D eigenvalue weighted by Crippen LogP contribution is 1.92. The van der Waals surface area contributed by atoms with Crippen LogP contribution >= 0.6 is 0 Å². The van der Waals surface area contributed by atoms with Gasteiger partial charge < -0.3 is 14.9 Å². The van der Waals surface area contributed by atoms with Crippen molar-refractivity contribution >= 4 is 0 Å². The van der Waals surface area contributed by atoms with Crippen LogP contribution in [0.25, 0.3) is 0 Å². The molecule has 0 aliphatic heterocycles. The zero-order valence-electron chi connectivity index (χ0n) is 10.3. The first-order chi connectivity index (χ1) is 8.20. The summed E-state index contributed by atoms with van der Waals surface area (Å²) in [5.74, 6) is 0. The van der Waals surface area contributed by atoms with Crippen molar-refractivity contribution < 1.29 is 14.9 Å². The first kappa shape index (κ1) is 16.3. The number of hydrogen-bond acceptors (Lipinski definition) is 5. The van der Waals surface area contributed by atoms with E-state index in [9.17, 15) is 10.2 Å². The maximum atomic E-state index is 9.39. The lowest BCUT2D eigenvalue weighted by Gasteiger charge is -2.13. The minimum Gasteiger partial charge on any atom is -0.381 e. The van der Waals surface area contributed by atoms with Crippen LogP contribution < -0.4 is 10.6 Å². The highest BCUT2D eigenvalue weighted by Gasteiger charge is 2.03. The molecule has 0 aliphatic carbocycles. The van der Waals surface area contributed by atoms with Gasteiger partial charge in [-0.2, -0.15) is 0 Å². The van der Waals surface area contributed by atoms with E-state index in [1.807, 2.05) is 0 Å². The van der Waals surface area contributed by atoms with E-state index in [0.29, 0.717) is 39.1 Å². The molecule has 2 atom stereocenters. The molecular formula is C12H24N2O3. The van der Waals surface area contributed by atoms with Crippen LogP contribution in [-0.2, 0) is 4.74 Å². The van der Waals surface area contributed by atoms with Crippen molar-refractivity contribution in [2.24, 2.45) is 0 Å². The second-order valence-electron chi connectivity index (χ2n) is 3.62. The molecular weight excluding hydrogens is 220 g/mol. The van der Waals surface area contributed by atoms with Crippen LogP contribution in [0.2, 0.25) is 0 Å². The van der Waals surface area contributed by atoms with Gasteiger partial charge in [-0.05, 0) is 0 Å². The van der Waals surface area contributed by atoms with E-state index >= 15 is 0 Å². The molecule has 0 aromatic carbocycles. The van der Waals surface area contributed by atoms with Gasteiger partial charge in [-0.25, -0.2) is 0 Å². The second-order valence-corrected chi connectivity index (χ2v) is 3.62. The predicted octanol–water partition coefficient (Wildman–Crippen LogP) is -0.0288. The van der Waals surface area contributed by atoms with Crippen molar-refractivity contribution in [2.75, 3.05) is 26.3 Å². The van der Waals surface area contributed by atoms with E-state index in [0.717, 1.165) is 0 Å². The van der Waals surface area contributed by atoms with Crippen molar-refractivity contribution in [1.29, 1.82) is 0 Å². The molecule has 0 fully saturated rings. The second kappa shape index (κ2) is 11.8. The lowest BCUT2D eigenvalue weighted by molar-refractivity contribution is 0.0425. The number of hydrogen-bond donors (Lipinski definition) is 4. The highest BCUT2D eigenvalue weighted by molar-refractivity contribution is 4.71. The molecule has 0 rings (SSSR count). The average molecular weight is 244 g/mol. The maximum absolute atomic E-state index is 9.39. The molecule has 5 nitrogen and oxygen atoms in total. The molecule has 0 heterocycles. The Morgan fingerprint density at radius 2 is 1.35 bits per heavy atom. The van der Waals surface area contributed by atoms with E-state index in [1.54, 1.807) is 12.2 Å². The monoisotopic (exact) mass is 244 g/mol. The SMILES string of the molecule is C=CCNC(O)CCOCCC(O)NCC=C. The predicted molar refractivity (Wildman–Crippen MR) is 68.5 cm³/mol. The molecule has 0 radical (unpaired) electrons. The van der Waals surface area contributed by atoms with Gasteiger partial charge in [0.1, 0.15) is 12.5 Å². The van der Waals surface area contributed by atoms with Gasteiger partial charge in [0.2, 0.25) is 0 Å². The summed E-state index contributed by atoms with van der Waals surface area (Å²) in [6.45, 7) is 9.14. The smallest absolute Gasteiger partial charge is 0.107 e. The van der Waals surface area contributed by atoms with E-state index in [1.165, 1.54) is 0 Å². The Hall–Kier alpha value is -0.720. The third-order valence-corrected chi connectivity index (χ3v) is 2.07. The summed E-state index contributed by atoms with van der Waals surface area (Å²) in [7, 11) is 0. The summed E-state index contributed by atoms with van der Waals surface area (Å²) >= 11 is 0. The van der Waals surface area contributed by atoms with E-state index in [-0.39, 0.29) is 0 Å². The summed E-state index contributed by atoms with van der Waals surface area (Å²) in [4.78, 5) is 0. The molecule has 0 saturated heterocycles. The zero-order valence-corrected chi connectivity index (χ0v) is 10.3. The first-order valence-corrected chi connectivity index (χ1v) is 5.83. The van der Waals surface area contributed by atoms with Gasteiger partial charge in [-0.3, -0.25) is 10.6 Å². The third kappa shape index (κ3) is 11.5. The largest absolute Gasteiger partial charge is 0.381 e. The molecule has 5 heteroatoms. The number of rotatable bonds is 12.